The van der Waals surface area contributed by atoms with Crippen molar-refractivity contribution in [1.82, 2.24) is 19.9 Å². The Kier molecular flexibility index (Phi) is 4.50. The Morgan fingerprint density at radius 1 is 1.00 bits per heavy atom. The predicted molar refractivity (Wildman–Crippen MR) is 125 cm³/mol. The van der Waals surface area contributed by atoms with Crippen LogP contribution in [-0.4, -0.2) is 20.4 Å². The molecule has 1 saturated carbocycles. The number of aromatic amines is 1. The molecule has 7 nitrogen and oxygen atoms in total. The number of carbonyl (C=O) groups excluding carboxylic acids is 1. The van der Waals surface area contributed by atoms with Crippen LogP contribution in [0.1, 0.15) is 52.8 Å². The molecule has 0 saturated heterocycles. The Morgan fingerprint density at radius 2 is 1.82 bits per heavy atom. The summed E-state index contributed by atoms with van der Waals surface area (Å²) in [6.07, 6.45) is 4.94. The van der Waals surface area contributed by atoms with E-state index in [4.69, 9.17) is 0 Å². The van der Waals surface area contributed by atoms with Crippen molar-refractivity contribution in [2.45, 2.75) is 37.8 Å². The molecule has 0 bridgehead atoms. The number of fused-ring (bicyclic) bond motifs is 2. The number of nitrogens with one attached hydrogen (secondary N) is 2. The van der Waals surface area contributed by atoms with E-state index in [-0.39, 0.29) is 23.4 Å². The molecule has 2 aliphatic carbocycles. The van der Waals surface area contributed by atoms with Crippen molar-refractivity contribution in [1.29, 1.82) is 0 Å². The summed E-state index contributed by atoms with van der Waals surface area (Å²) < 4.78 is 1.52. The average Bonchev–Trinajstić information content (AvgIpc) is 3.59. The molecule has 2 aromatic heterocycles. The van der Waals surface area contributed by atoms with Gasteiger partial charge in [-0.15, -0.1) is 0 Å². The van der Waals surface area contributed by atoms with Crippen molar-refractivity contribution in [2.24, 2.45) is 0 Å². The molecule has 4 aromatic rings. The topological polar surface area (TPSA) is 96.8 Å². The van der Waals surface area contributed by atoms with Gasteiger partial charge >= 0.3 is 5.69 Å². The Balaban J connectivity index is 1.31. The zero-order valence-corrected chi connectivity index (χ0v) is 17.9. The lowest BCUT2D eigenvalue weighted by Gasteiger charge is -2.16. The standard InChI is InChI=1S/C26H22N4O3/c31-24(18-13-21-23(27-14-18)30(19-9-10-19)26(33)29-25(21)32)28-22-11-8-16-6-7-17(12-20(16)22)15-4-2-1-3-5-15/h1-7,12-14,19,22H,8-11H2,(H,28,31)(H,29,32,33). The van der Waals surface area contributed by atoms with Gasteiger partial charge < -0.3 is 5.32 Å². The minimum Gasteiger partial charge on any atom is -0.345 e. The van der Waals surface area contributed by atoms with Crippen LogP contribution in [0.5, 0.6) is 0 Å². The van der Waals surface area contributed by atoms with E-state index in [9.17, 15) is 14.4 Å². The van der Waals surface area contributed by atoms with Crippen LogP contribution < -0.4 is 16.6 Å². The molecule has 164 valence electrons. The number of aryl methyl sites for hydroxylation is 1. The number of nitrogens with zero attached hydrogens (tertiary/aromatic N) is 2. The maximum Gasteiger partial charge on any atom is 0.330 e. The van der Waals surface area contributed by atoms with Crippen LogP contribution >= 0.6 is 0 Å². The van der Waals surface area contributed by atoms with Gasteiger partial charge in [0.15, 0.2) is 0 Å². The number of hydrogen-bond acceptors (Lipinski definition) is 4. The van der Waals surface area contributed by atoms with Gasteiger partial charge in [-0.3, -0.25) is 19.1 Å². The summed E-state index contributed by atoms with van der Waals surface area (Å²) in [5, 5.41) is 3.37. The third kappa shape index (κ3) is 3.46. The number of amides is 1. The second-order valence-electron chi connectivity index (χ2n) is 8.80. The number of H-pyrrole nitrogens is 1. The van der Waals surface area contributed by atoms with Crippen molar-refractivity contribution in [3.05, 3.63) is 98.3 Å². The van der Waals surface area contributed by atoms with E-state index in [1.165, 1.54) is 22.4 Å². The van der Waals surface area contributed by atoms with Crippen LogP contribution in [0.2, 0.25) is 0 Å². The molecule has 2 aromatic carbocycles. The van der Waals surface area contributed by atoms with Crippen molar-refractivity contribution in [3.8, 4) is 11.1 Å². The first kappa shape index (κ1) is 19.7. The minimum absolute atomic E-state index is 0.0674. The number of hydrogen-bond donors (Lipinski definition) is 2. The zero-order valence-electron chi connectivity index (χ0n) is 17.9. The molecule has 0 radical (unpaired) electrons. The number of rotatable bonds is 4. The smallest absolute Gasteiger partial charge is 0.330 e. The monoisotopic (exact) mass is 438 g/mol. The lowest BCUT2D eigenvalue weighted by atomic mass is 9.99. The van der Waals surface area contributed by atoms with Gasteiger partial charge in [-0.1, -0.05) is 42.5 Å². The summed E-state index contributed by atoms with van der Waals surface area (Å²) in [7, 11) is 0. The SMILES string of the molecule is O=C(NC1CCc2ccc(-c3ccccc3)cc21)c1cnc2c(c1)c(=O)[nH]c(=O)n2C1CC1. The van der Waals surface area contributed by atoms with E-state index >= 15 is 0 Å². The fourth-order valence-electron chi connectivity index (χ4n) is 4.74. The third-order valence-corrected chi connectivity index (χ3v) is 6.59. The average molecular weight is 438 g/mol. The molecule has 6 rings (SSSR count). The first-order chi connectivity index (χ1) is 16.1. The van der Waals surface area contributed by atoms with Crippen molar-refractivity contribution in [3.63, 3.8) is 0 Å². The van der Waals surface area contributed by atoms with Crippen LogP contribution in [0.25, 0.3) is 22.2 Å². The van der Waals surface area contributed by atoms with Gasteiger partial charge in [-0.25, -0.2) is 9.78 Å². The van der Waals surface area contributed by atoms with Crippen LogP contribution in [0.4, 0.5) is 0 Å². The molecule has 1 amide bonds. The fourth-order valence-corrected chi connectivity index (χ4v) is 4.74. The third-order valence-electron chi connectivity index (χ3n) is 6.59. The Morgan fingerprint density at radius 3 is 2.61 bits per heavy atom. The molecular formula is C26H22N4O3. The van der Waals surface area contributed by atoms with Gasteiger partial charge in [0.1, 0.15) is 5.65 Å². The summed E-state index contributed by atoms with van der Waals surface area (Å²) in [6.45, 7) is 0. The summed E-state index contributed by atoms with van der Waals surface area (Å²) in [5.74, 6) is -0.282. The second kappa shape index (κ2) is 7.55. The molecule has 1 atom stereocenters. The molecule has 7 heteroatoms. The van der Waals surface area contributed by atoms with Crippen LogP contribution in [-0.2, 0) is 6.42 Å². The fraction of sp³-hybridized carbons (Fsp3) is 0.231. The van der Waals surface area contributed by atoms with E-state index in [1.807, 2.05) is 18.2 Å². The van der Waals surface area contributed by atoms with E-state index in [1.54, 1.807) is 0 Å². The van der Waals surface area contributed by atoms with Crippen molar-refractivity contribution < 1.29 is 4.79 Å². The number of benzene rings is 2. The lowest BCUT2D eigenvalue weighted by molar-refractivity contribution is 0.0936. The van der Waals surface area contributed by atoms with Gasteiger partial charge in [0, 0.05) is 12.2 Å². The number of carbonyl (C=O) groups is 1. The van der Waals surface area contributed by atoms with Crippen LogP contribution in [0, 0.1) is 0 Å². The predicted octanol–water partition coefficient (Wildman–Crippen LogP) is 3.50. The number of pyridine rings is 1. The lowest BCUT2D eigenvalue weighted by Crippen LogP contribution is -2.31. The number of aromatic nitrogens is 3. The van der Waals surface area contributed by atoms with Crippen LogP contribution in [0.3, 0.4) is 0 Å². The summed E-state index contributed by atoms with van der Waals surface area (Å²) in [6, 6.07) is 18.1. The molecular weight excluding hydrogens is 416 g/mol. The van der Waals surface area contributed by atoms with Gasteiger partial charge in [0.25, 0.3) is 11.5 Å². The van der Waals surface area contributed by atoms with E-state index in [2.05, 4.69) is 45.6 Å². The second-order valence-corrected chi connectivity index (χ2v) is 8.80. The van der Waals surface area contributed by atoms with Gasteiger partial charge in [-0.05, 0) is 60.1 Å². The van der Waals surface area contributed by atoms with E-state index in [0.717, 1.165) is 42.4 Å². The highest BCUT2D eigenvalue weighted by Crippen LogP contribution is 2.36. The van der Waals surface area contributed by atoms with E-state index < -0.39 is 11.2 Å². The van der Waals surface area contributed by atoms with Gasteiger partial charge in [-0.2, -0.15) is 0 Å². The van der Waals surface area contributed by atoms with Crippen LogP contribution in [0.15, 0.2) is 70.4 Å². The molecule has 33 heavy (non-hydrogen) atoms. The first-order valence-electron chi connectivity index (χ1n) is 11.2. The molecule has 2 aliphatic rings. The minimum atomic E-state index is -0.521. The highest BCUT2D eigenvalue weighted by molar-refractivity contribution is 5.97. The molecule has 1 fully saturated rings. The van der Waals surface area contributed by atoms with Gasteiger partial charge in [0.05, 0.1) is 17.0 Å². The normalized spacial score (nSPS) is 17.2. The molecule has 2 N–H and O–H groups in total. The first-order valence-corrected chi connectivity index (χ1v) is 11.2. The van der Waals surface area contributed by atoms with Gasteiger partial charge in [0.2, 0.25) is 0 Å². The Bertz CT molecular complexity index is 1520. The zero-order chi connectivity index (χ0) is 22.5. The van der Waals surface area contributed by atoms with Crippen molar-refractivity contribution >= 4 is 16.9 Å². The maximum absolute atomic E-state index is 13.1. The highest BCUT2D eigenvalue weighted by atomic mass is 16.2. The maximum atomic E-state index is 13.1. The van der Waals surface area contributed by atoms with Crippen molar-refractivity contribution in [2.75, 3.05) is 0 Å². The summed E-state index contributed by atoms with van der Waals surface area (Å²) in [4.78, 5) is 44.4. The largest absolute Gasteiger partial charge is 0.345 e. The Labute approximate surface area is 189 Å². The molecule has 0 spiro atoms. The molecule has 0 aliphatic heterocycles. The molecule has 1 unspecified atom stereocenters. The molecule has 2 heterocycles. The quantitative estimate of drug-likeness (QED) is 0.510. The highest BCUT2D eigenvalue weighted by Gasteiger charge is 2.28. The Hall–Kier alpha value is -4.00. The summed E-state index contributed by atoms with van der Waals surface area (Å²) in [5.41, 5.74) is 4.29. The van der Waals surface area contributed by atoms with E-state index in [0.29, 0.717) is 11.2 Å². The summed E-state index contributed by atoms with van der Waals surface area (Å²) >= 11 is 0.